The fourth-order valence-electron chi connectivity index (χ4n) is 3.01. The van der Waals surface area contributed by atoms with Gasteiger partial charge in [-0.25, -0.2) is 4.79 Å². The van der Waals surface area contributed by atoms with Gasteiger partial charge in [-0.2, -0.15) is 0 Å². The molecule has 0 saturated heterocycles. The fraction of sp³-hybridized carbons (Fsp3) is 0.476. The van der Waals surface area contributed by atoms with Gasteiger partial charge in [0.05, 0.1) is 13.0 Å². The second-order valence-corrected chi connectivity index (χ2v) is 7.54. The largest absolute Gasteiger partial charge is 0.508 e. The monoisotopic (exact) mass is 481 g/mol. The van der Waals surface area contributed by atoms with Crippen LogP contribution in [0, 0.1) is 0 Å². The van der Waals surface area contributed by atoms with Crippen LogP contribution >= 0.6 is 0 Å². The SMILES string of the molecule is NCCCCC(NC(=O)CN)C(=O)NC(CC(=O)O)C(=O)NC(Cc1ccc(O)cc1)C(=O)O. The molecule has 13 heteroatoms. The van der Waals surface area contributed by atoms with Gasteiger partial charge in [-0.1, -0.05) is 12.1 Å². The summed E-state index contributed by atoms with van der Waals surface area (Å²) in [7, 11) is 0. The number of hydrogen-bond donors (Lipinski definition) is 8. The Balaban J connectivity index is 2.96. The zero-order valence-corrected chi connectivity index (χ0v) is 18.5. The molecule has 10 N–H and O–H groups in total. The molecule has 3 unspecified atom stereocenters. The molecule has 1 rings (SSSR count). The Morgan fingerprint density at radius 3 is 1.94 bits per heavy atom. The number of aliphatic carboxylic acids is 2. The zero-order valence-electron chi connectivity index (χ0n) is 18.5. The molecule has 0 spiro atoms. The lowest BCUT2D eigenvalue weighted by atomic mass is 10.0. The molecule has 0 fully saturated rings. The lowest BCUT2D eigenvalue weighted by molar-refractivity contribution is -0.143. The molecule has 0 saturated carbocycles. The van der Waals surface area contributed by atoms with E-state index in [9.17, 15) is 39.3 Å². The number of carboxylic acids is 2. The molecule has 3 amide bonds. The first-order valence-corrected chi connectivity index (χ1v) is 10.6. The van der Waals surface area contributed by atoms with Crippen molar-refractivity contribution in [1.29, 1.82) is 0 Å². The Morgan fingerprint density at radius 2 is 1.41 bits per heavy atom. The van der Waals surface area contributed by atoms with Crippen LogP contribution in [0.1, 0.15) is 31.2 Å². The van der Waals surface area contributed by atoms with Gasteiger partial charge in [0, 0.05) is 6.42 Å². The summed E-state index contributed by atoms with van der Waals surface area (Å²) in [5.41, 5.74) is 11.2. The summed E-state index contributed by atoms with van der Waals surface area (Å²) in [4.78, 5) is 60.0. The number of nitrogens with one attached hydrogen (secondary N) is 3. The number of unbranched alkanes of at least 4 members (excludes halogenated alkanes) is 1. The van der Waals surface area contributed by atoms with Gasteiger partial charge in [0.25, 0.3) is 0 Å². The maximum Gasteiger partial charge on any atom is 0.326 e. The standard InChI is InChI=1S/C21H31N5O8/c22-8-2-1-3-14(24-17(28)11-23)19(31)25-15(10-18(29)30)20(32)26-16(21(33)34)9-12-4-6-13(27)7-5-12/h4-7,14-16,27H,1-3,8-11,22-23H2,(H,24,28)(H,25,31)(H,26,32)(H,29,30)(H,33,34). The first-order chi connectivity index (χ1) is 16.1. The Morgan fingerprint density at radius 1 is 0.824 bits per heavy atom. The zero-order chi connectivity index (χ0) is 25.7. The van der Waals surface area contributed by atoms with Gasteiger partial charge in [-0.15, -0.1) is 0 Å². The van der Waals surface area contributed by atoms with Crippen LogP contribution in [0.5, 0.6) is 5.75 Å². The number of phenolic OH excluding ortho intramolecular Hbond substituents is 1. The summed E-state index contributed by atoms with van der Waals surface area (Å²) in [5, 5.41) is 34.9. The molecular formula is C21H31N5O8. The van der Waals surface area contributed by atoms with Crippen LogP contribution in [0.4, 0.5) is 0 Å². The minimum atomic E-state index is -1.60. The van der Waals surface area contributed by atoms with Crippen LogP contribution in [-0.4, -0.2) is 76.2 Å². The summed E-state index contributed by atoms with van der Waals surface area (Å²) < 4.78 is 0. The molecule has 0 radical (unpaired) electrons. The molecule has 0 aliphatic rings. The highest BCUT2D eigenvalue weighted by molar-refractivity contribution is 5.95. The number of carbonyl (C=O) groups excluding carboxylic acids is 3. The maximum atomic E-state index is 12.7. The van der Waals surface area contributed by atoms with E-state index in [2.05, 4.69) is 16.0 Å². The van der Waals surface area contributed by atoms with E-state index in [-0.39, 0.29) is 25.1 Å². The summed E-state index contributed by atoms with van der Waals surface area (Å²) in [6.07, 6.45) is 0.253. The average Bonchev–Trinajstić information content (AvgIpc) is 2.78. The molecule has 0 aliphatic heterocycles. The van der Waals surface area contributed by atoms with Gasteiger partial charge in [0.1, 0.15) is 23.9 Å². The van der Waals surface area contributed by atoms with Gasteiger partial charge < -0.3 is 42.7 Å². The van der Waals surface area contributed by atoms with E-state index in [1.807, 2.05) is 0 Å². The third-order valence-electron chi connectivity index (χ3n) is 4.79. The lowest BCUT2D eigenvalue weighted by Crippen LogP contribution is -2.57. The van der Waals surface area contributed by atoms with Gasteiger partial charge in [-0.05, 0) is 43.5 Å². The Hall–Kier alpha value is -3.71. The maximum absolute atomic E-state index is 12.7. The highest BCUT2D eigenvalue weighted by Gasteiger charge is 2.31. The van der Waals surface area contributed by atoms with E-state index in [0.717, 1.165) is 0 Å². The molecule has 3 atom stereocenters. The van der Waals surface area contributed by atoms with Crippen LogP contribution in [-0.2, 0) is 30.4 Å². The minimum absolute atomic E-state index is 0.0216. The Kier molecular flexibility index (Phi) is 12.0. The van der Waals surface area contributed by atoms with E-state index in [1.54, 1.807) is 0 Å². The van der Waals surface area contributed by atoms with Crippen LogP contribution < -0.4 is 27.4 Å². The lowest BCUT2D eigenvalue weighted by Gasteiger charge is -2.24. The number of amides is 3. The summed E-state index contributed by atoms with van der Waals surface area (Å²) >= 11 is 0. The highest BCUT2D eigenvalue weighted by Crippen LogP contribution is 2.12. The second-order valence-electron chi connectivity index (χ2n) is 7.54. The van der Waals surface area contributed by atoms with Crippen LogP contribution in [0.25, 0.3) is 0 Å². The molecule has 34 heavy (non-hydrogen) atoms. The number of carboxylic acid groups (broad SMARTS) is 2. The molecule has 13 nitrogen and oxygen atoms in total. The van der Waals surface area contributed by atoms with E-state index >= 15 is 0 Å². The van der Waals surface area contributed by atoms with Crippen molar-refractivity contribution in [3.8, 4) is 5.75 Å². The van der Waals surface area contributed by atoms with E-state index in [4.69, 9.17) is 11.5 Å². The first kappa shape index (κ1) is 28.3. The second kappa shape index (κ2) is 14.4. The normalized spacial score (nSPS) is 13.2. The number of carbonyl (C=O) groups is 5. The highest BCUT2D eigenvalue weighted by atomic mass is 16.4. The van der Waals surface area contributed by atoms with Crippen molar-refractivity contribution in [2.75, 3.05) is 13.1 Å². The molecule has 0 bridgehead atoms. The van der Waals surface area contributed by atoms with E-state index in [0.29, 0.717) is 24.9 Å². The molecule has 0 aliphatic carbocycles. The number of nitrogens with two attached hydrogens (primary N) is 2. The van der Waals surface area contributed by atoms with Crippen molar-refractivity contribution in [2.45, 2.75) is 50.2 Å². The predicted octanol–water partition coefficient (Wildman–Crippen LogP) is -1.96. The van der Waals surface area contributed by atoms with Gasteiger partial charge in [0.2, 0.25) is 17.7 Å². The van der Waals surface area contributed by atoms with Gasteiger partial charge in [-0.3, -0.25) is 19.2 Å². The van der Waals surface area contributed by atoms with E-state index in [1.165, 1.54) is 24.3 Å². The average molecular weight is 482 g/mol. The van der Waals surface area contributed by atoms with Crippen molar-refractivity contribution < 1.29 is 39.3 Å². The quantitative estimate of drug-likeness (QED) is 0.129. The molecule has 0 heterocycles. The van der Waals surface area contributed by atoms with Crippen molar-refractivity contribution >= 4 is 29.7 Å². The molecule has 1 aromatic carbocycles. The predicted molar refractivity (Wildman–Crippen MR) is 119 cm³/mol. The van der Waals surface area contributed by atoms with Crippen molar-refractivity contribution in [3.63, 3.8) is 0 Å². The Labute approximate surface area is 195 Å². The van der Waals surface area contributed by atoms with Crippen molar-refractivity contribution in [3.05, 3.63) is 29.8 Å². The summed E-state index contributed by atoms with van der Waals surface area (Å²) in [6, 6.07) is 1.54. The smallest absolute Gasteiger partial charge is 0.326 e. The van der Waals surface area contributed by atoms with Crippen LogP contribution in [0.3, 0.4) is 0 Å². The molecule has 188 valence electrons. The summed E-state index contributed by atoms with van der Waals surface area (Å²) in [5.74, 6) is -5.26. The van der Waals surface area contributed by atoms with Crippen molar-refractivity contribution in [2.24, 2.45) is 11.5 Å². The summed E-state index contributed by atoms with van der Waals surface area (Å²) in [6.45, 7) is -0.0158. The third kappa shape index (κ3) is 10.3. The molecule has 1 aromatic rings. The fourth-order valence-corrected chi connectivity index (χ4v) is 3.01. The number of hydrogen-bond acceptors (Lipinski definition) is 8. The first-order valence-electron chi connectivity index (χ1n) is 10.6. The third-order valence-corrected chi connectivity index (χ3v) is 4.79. The minimum Gasteiger partial charge on any atom is -0.508 e. The number of benzene rings is 1. The van der Waals surface area contributed by atoms with E-state index < -0.39 is 54.2 Å². The Bertz CT molecular complexity index is 861. The number of phenols is 1. The number of rotatable bonds is 15. The molecular weight excluding hydrogens is 450 g/mol. The van der Waals surface area contributed by atoms with Gasteiger partial charge >= 0.3 is 11.9 Å². The van der Waals surface area contributed by atoms with Gasteiger partial charge in [0.15, 0.2) is 0 Å². The van der Waals surface area contributed by atoms with Crippen molar-refractivity contribution in [1.82, 2.24) is 16.0 Å². The molecule has 0 aromatic heterocycles. The number of aromatic hydroxyl groups is 1. The topological polar surface area (TPSA) is 234 Å². The van der Waals surface area contributed by atoms with Crippen LogP contribution in [0.2, 0.25) is 0 Å². The van der Waals surface area contributed by atoms with Crippen LogP contribution in [0.15, 0.2) is 24.3 Å².